The maximum Gasteiger partial charge on any atom is 0.411 e. The highest BCUT2D eigenvalue weighted by molar-refractivity contribution is 14.1. The number of aliphatic hydroxyl groups excluding tert-OH is 4. The summed E-state index contributed by atoms with van der Waals surface area (Å²) in [4.78, 5) is 47.7. The van der Waals surface area contributed by atoms with Crippen LogP contribution in [-0.4, -0.2) is 217 Å². The number of thioether (sulfide) groups is 1. The number of hydrogen-bond acceptors (Lipinski definition) is 26. The third-order valence-corrected chi connectivity index (χ3v) is 20.8. The zero-order valence-electron chi connectivity index (χ0n) is 50.2. The summed E-state index contributed by atoms with van der Waals surface area (Å²) in [6, 6.07) is -1.27. The zero-order valence-corrected chi connectivity index (χ0v) is 54.8. The number of rotatable bonds is 21. The topological polar surface area (TPSA) is 308 Å². The Morgan fingerprint density at radius 2 is 1.58 bits per heavy atom. The van der Waals surface area contributed by atoms with Crippen molar-refractivity contribution in [3.63, 3.8) is 0 Å². The van der Waals surface area contributed by atoms with Crippen molar-refractivity contribution in [2.45, 2.75) is 195 Å². The maximum absolute atomic E-state index is 14.5. The fourth-order valence-corrected chi connectivity index (χ4v) is 14.5. The molecule has 0 saturated carbocycles. The van der Waals surface area contributed by atoms with Gasteiger partial charge in [0.05, 0.1) is 97.0 Å². The number of hydrogen-bond donors (Lipinski definition) is 8. The smallest absolute Gasteiger partial charge is 0.411 e. The van der Waals surface area contributed by atoms with Crippen molar-refractivity contribution in [2.75, 3.05) is 54.5 Å². The minimum Gasteiger partial charge on any atom is -0.492 e. The number of hydroxylamine groups is 1. The zero-order chi connectivity index (χ0) is 62.9. The van der Waals surface area contributed by atoms with Gasteiger partial charge in [-0.05, 0) is 74.5 Å². The molecule has 2 bridgehead atoms. The molecule has 0 aromatic heterocycles. The van der Waals surface area contributed by atoms with Crippen LogP contribution < -0.4 is 30.3 Å². The SMILES string of the molecule is CCN[C@H]1CO[C@@H](O[C@H]2[C@H](O[C@H]3C#C/C=C\C#C[C@]4(O)CC(=O)C(NC(=O)OC)=C3/C4=C\CSSC(C)(C)C)O[C@H](C)[C@@H](NO[C@H]3C[C@H](O)[C@H](SC(=O)c4c(C)c(I)c(O[C@@H]5O[C@@H](C)[C@H](O)[C@@H](OC)[C@H]5O)c(OC)c4OC)[C@@H](C)O3)[C@@H]2O)C[C@@H]1OC. The summed E-state index contributed by atoms with van der Waals surface area (Å²) in [5, 5.41) is 62.9. The van der Waals surface area contributed by atoms with Crippen molar-refractivity contribution in [3.05, 3.63) is 49.8 Å². The van der Waals surface area contributed by atoms with Gasteiger partial charge in [-0.3, -0.25) is 19.7 Å². The van der Waals surface area contributed by atoms with Crippen LogP contribution in [0, 0.1) is 34.2 Å². The molecule has 86 heavy (non-hydrogen) atoms. The van der Waals surface area contributed by atoms with Gasteiger partial charge in [0.15, 0.2) is 41.8 Å². The van der Waals surface area contributed by atoms with Crippen molar-refractivity contribution < 1.29 is 102 Å². The molecule has 19 atom stereocenters. The molecule has 4 saturated heterocycles. The first kappa shape index (κ1) is 70.2. The van der Waals surface area contributed by atoms with Gasteiger partial charge < -0.3 is 87.7 Å². The summed E-state index contributed by atoms with van der Waals surface area (Å²) in [6.07, 6.45) is -13.8. The number of carbonyl (C=O) groups excluding carboxylic acids is 3. The number of methoxy groups -OCH3 is 5. The van der Waals surface area contributed by atoms with E-state index in [-0.39, 0.29) is 76.0 Å². The largest absolute Gasteiger partial charge is 0.492 e. The molecule has 4 fully saturated rings. The lowest BCUT2D eigenvalue weighted by Gasteiger charge is -2.46. The number of allylic oxidation sites excluding steroid dienone is 3. The molecule has 8 N–H and O–H groups in total. The number of aliphatic hydroxyl groups is 5. The Morgan fingerprint density at radius 1 is 0.872 bits per heavy atom. The average molecular weight is 1380 g/mol. The minimum absolute atomic E-state index is 0.0140. The molecule has 2 aliphatic carbocycles. The van der Waals surface area contributed by atoms with E-state index in [1.165, 1.54) is 44.3 Å². The van der Waals surface area contributed by atoms with E-state index in [4.69, 9.17) is 61.7 Å². The van der Waals surface area contributed by atoms with E-state index in [1.807, 2.05) is 29.5 Å². The molecule has 7 rings (SSSR count). The number of likely N-dealkylation sites (N-methyl/N-ethyl adjacent to an activating group) is 1. The molecule has 1 aromatic rings. The van der Waals surface area contributed by atoms with E-state index in [0.717, 1.165) is 18.9 Å². The third-order valence-electron chi connectivity index (χ3n) is 15.0. The first-order valence-corrected chi connectivity index (χ1v) is 32.3. The number of ether oxygens (including phenoxy) is 12. The van der Waals surface area contributed by atoms with Gasteiger partial charge in [-0.15, -0.1) is 0 Å². The van der Waals surface area contributed by atoms with Gasteiger partial charge in [-0.25, -0.2) is 4.79 Å². The van der Waals surface area contributed by atoms with Crippen LogP contribution in [0.15, 0.2) is 35.1 Å². The van der Waals surface area contributed by atoms with Crippen LogP contribution in [-0.2, 0) is 52.3 Å². The second-order valence-electron chi connectivity index (χ2n) is 22.0. The van der Waals surface area contributed by atoms with Crippen molar-refractivity contribution in [3.8, 4) is 40.9 Å². The van der Waals surface area contributed by atoms with Gasteiger partial charge in [-0.1, -0.05) is 90.8 Å². The normalized spacial score (nSPS) is 35.6. The van der Waals surface area contributed by atoms with Gasteiger partial charge in [0.2, 0.25) is 17.2 Å². The first-order valence-electron chi connectivity index (χ1n) is 28.0. The fourth-order valence-electron chi connectivity index (χ4n) is 10.6. The molecule has 0 radical (unpaired) electrons. The van der Waals surface area contributed by atoms with E-state index < -0.39 is 127 Å². The fraction of sp³-hybridized carbons (Fsp3) is 0.672. The van der Waals surface area contributed by atoms with Crippen molar-refractivity contribution in [1.29, 1.82) is 0 Å². The summed E-state index contributed by atoms with van der Waals surface area (Å²) < 4.78 is 72.6. The summed E-state index contributed by atoms with van der Waals surface area (Å²) >= 11 is 2.83. The van der Waals surface area contributed by atoms with E-state index in [1.54, 1.807) is 51.7 Å². The quantitative estimate of drug-likeness (QED) is 0.0286. The van der Waals surface area contributed by atoms with Crippen LogP contribution in [0.1, 0.15) is 83.7 Å². The summed E-state index contributed by atoms with van der Waals surface area (Å²) in [5.74, 6) is 11.4. The highest BCUT2D eigenvalue weighted by Gasteiger charge is 2.52. The van der Waals surface area contributed by atoms with E-state index in [0.29, 0.717) is 21.4 Å². The van der Waals surface area contributed by atoms with Crippen molar-refractivity contribution >= 4 is 72.9 Å². The molecule has 4 aliphatic heterocycles. The minimum atomic E-state index is -2.07. The van der Waals surface area contributed by atoms with Crippen LogP contribution >= 0.6 is 55.9 Å². The predicted molar refractivity (Wildman–Crippen MR) is 326 cm³/mol. The Kier molecular flexibility index (Phi) is 25.4. The van der Waals surface area contributed by atoms with E-state index in [9.17, 15) is 39.9 Å². The van der Waals surface area contributed by atoms with Gasteiger partial charge in [0, 0.05) is 48.7 Å². The molecule has 1 aromatic carbocycles. The second-order valence-corrected chi connectivity index (χ2v) is 27.4. The van der Waals surface area contributed by atoms with Gasteiger partial charge in [0.25, 0.3) is 0 Å². The lowest BCUT2D eigenvalue weighted by molar-refractivity contribution is -0.336. The molecular weight excluding hydrogens is 1300 g/mol. The van der Waals surface area contributed by atoms with Crippen molar-refractivity contribution in [2.24, 2.45) is 0 Å². The lowest BCUT2D eigenvalue weighted by Crippen LogP contribution is -2.65. The second kappa shape index (κ2) is 31.2. The molecule has 28 heteroatoms. The average Bonchev–Trinajstić information content (AvgIpc) is 0.894. The Balaban J connectivity index is 1.13. The van der Waals surface area contributed by atoms with Crippen molar-refractivity contribution in [1.82, 2.24) is 16.1 Å². The van der Waals surface area contributed by atoms with Crippen LogP contribution in [0.2, 0.25) is 0 Å². The van der Waals surface area contributed by atoms with Crippen LogP contribution in [0.3, 0.4) is 0 Å². The molecule has 4 heterocycles. The number of alkyl carbamates (subject to hydrolysis) is 1. The molecular formula is C58H80IN3O21S3. The Bertz CT molecular complexity index is 2790. The lowest BCUT2D eigenvalue weighted by atomic mass is 9.75. The van der Waals surface area contributed by atoms with E-state index in [2.05, 4.69) is 60.6 Å². The number of amides is 1. The Labute approximate surface area is 527 Å². The van der Waals surface area contributed by atoms with Crippen LogP contribution in [0.25, 0.3) is 0 Å². The molecule has 6 aliphatic rings. The van der Waals surface area contributed by atoms with Gasteiger partial charge in [0.1, 0.15) is 36.6 Å². The molecule has 478 valence electrons. The predicted octanol–water partition coefficient (Wildman–Crippen LogP) is 3.72. The number of benzene rings is 1. The summed E-state index contributed by atoms with van der Waals surface area (Å²) in [5.41, 5.74) is 1.30. The number of nitrogens with one attached hydrogen (secondary N) is 3. The molecule has 1 amide bonds. The molecule has 0 unspecified atom stereocenters. The number of ketones is 1. The summed E-state index contributed by atoms with van der Waals surface area (Å²) in [6.45, 7) is 15.6. The van der Waals surface area contributed by atoms with Gasteiger partial charge >= 0.3 is 6.09 Å². The Hall–Kier alpha value is -3.29. The standard InChI is InChI=1S/C58H80IN3O21S3/c1-14-60-32-26-76-37(24-36(32)71-9)81-50-45(66)42(28(3)78-55(50)80-35-19-17-15-16-18-21-58(70)25-34(64)43(61-56(69)75-13)40(35)31(58)20-22-84-86-57(6,7)8)62-83-38-23-33(63)52(30(5)77-38)85-53(68)39-27(2)41(59)48(51(74-12)47(39)72-10)82-54-46(67)49(73-11)44(65)29(4)79-54/h15-16,20,28-30,32-33,35-38,42,44-46,49-50,52,54-55,60,62-63,65-67,70H,14,22-26H2,1-13H3,(H,61,69)/b16-15-,31-20+/t28-,29+,30-,32+,33+,35+,36+,37+,38+,42-,44+,45+,46-,49-,50-,52-,54+,55+,58+/m1/s1. The monoisotopic (exact) mass is 1380 g/mol. The number of Topliss-reactive ketones (excluding diaryl/α,β-unsaturated/α-hetero) is 1. The summed E-state index contributed by atoms with van der Waals surface area (Å²) in [7, 11) is 9.90. The number of halogens is 1. The van der Waals surface area contributed by atoms with Gasteiger partial charge in [-0.2, -0.15) is 5.48 Å². The van der Waals surface area contributed by atoms with Crippen LogP contribution in [0.5, 0.6) is 17.2 Å². The highest BCUT2D eigenvalue weighted by Crippen LogP contribution is 2.49. The third kappa shape index (κ3) is 16.4. The Morgan fingerprint density at radius 3 is 2.23 bits per heavy atom. The number of fused-ring (bicyclic) bond motifs is 2. The van der Waals surface area contributed by atoms with E-state index >= 15 is 0 Å². The number of carbonyl (C=O) groups is 3. The first-order chi connectivity index (χ1) is 40.8. The molecule has 24 nitrogen and oxygen atoms in total. The van der Waals surface area contributed by atoms with Crippen LogP contribution in [0.4, 0.5) is 4.79 Å². The highest BCUT2D eigenvalue weighted by atomic mass is 127. The maximum atomic E-state index is 14.5. The molecule has 0 spiro atoms.